The number of hydrogen-bond acceptors (Lipinski definition) is 10. The van der Waals surface area contributed by atoms with E-state index >= 15 is 0 Å². The normalized spacial score (nSPS) is 30.5. The summed E-state index contributed by atoms with van der Waals surface area (Å²) in [7, 11) is 1.50. The third kappa shape index (κ3) is 3.96. The Kier molecular flexibility index (Phi) is 6.68. The Morgan fingerprint density at radius 3 is 2.55 bits per heavy atom. The topological polar surface area (TPSA) is 152 Å². The van der Waals surface area contributed by atoms with Crippen molar-refractivity contribution in [2.24, 2.45) is 29.6 Å². The second kappa shape index (κ2) is 9.95. The number of nitrogens with one attached hydrogen (secondary N) is 1. The molecule has 2 bridgehead atoms. The zero-order valence-electron chi connectivity index (χ0n) is 21.9. The molecule has 3 heterocycles. The quantitative estimate of drug-likeness (QED) is 0.347. The molecule has 2 aliphatic carbocycles. The maximum absolute atomic E-state index is 13.5. The molecular weight excluding hydrogens is 560 g/mol. The van der Waals surface area contributed by atoms with Crippen LogP contribution in [0, 0.1) is 29.6 Å². The number of hydrogen-bond donors (Lipinski definition) is 2. The number of fused-ring (bicyclic) bond motifs is 9. The molecule has 0 spiro atoms. The molecule has 6 rings (SSSR count). The van der Waals surface area contributed by atoms with Crippen LogP contribution in [0.15, 0.2) is 28.0 Å². The summed E-state index contributed by atoms with van der Waals surface area (Å²) in [6.45, 7) is 3.05. The number of carbonyl (C=O) groups excluding carboxylic acids is 3. The fourth-order valence-electron chi connectivity index (χ4n) is 7.24. The fourth-order valence-corrected chi connectivity index (χ4v) is 10.1. The Balaban J connectivity index is 1.37. The van der Waals surface area contributed by atoms with Gasteiger partial charge in [-0.2, -0.15) is 0 Å². The molecule has 13 heteroatoms. The molecule has 212 valence electrons. The Labute approximate surface area is 237 Å². The first-order chi connectivity index (χ1) is 19.2. The Bertz CT molecular complexity index is 1470. The molecule has 2 aromatic rings. The molecule has 1 aromatic carbocycles. The smallest absolute Gasteiger partial charge is 0.344 e. The maximum Gasteiger partial charge on any atom is 0.344 e. The first-order valence-electron chi connectivity index (χ1n) is 13.1. The molecular formula is C27H28N2O9S2. The third-order valence-electron chi connectivity index (χ3n) is 8.70. The lowest BCUT2D eigenvalue weighted by atomic mass is 9.68. The zero-order chi connectivity index (χ0) is 28.5. The molecule has 4 aliphatic rings. The highest BCUT2D eigenvalue weighted by Crippen LogP contribution is 2.68. The van der Waals surface area contributed by atoms with E-state index in [-0.39, 0.29) is 47.0 Å². The van der Waals surface area contributed by atoms with Gasteiger partial charge in [-0.1, -0.05) is 17.4 Å². The van der Waals surface area contributed by atoms with Crippen molar-refractivity contribution < 1.29 is 38.5 Å². The number of aromatic nitrogens is 1. The van der Waals surface area contributed by atoms with E-state index < -0.39 is 41.6 Å². The van der Waals surface area contributed by atoms with E-state index in [1.54, 1.807) is 24.8 Å². The summed E-state index contributed by atoms with van der Waals surface area (Å²) >= 11 is 2.69. The average molecular weight is 589 g/mol. The molecule has 7 unspecified atom stereocenters. The standard InChI is InChI=1S/C27H28N2O9S2/c1-4-37-16(30)9-38-14-6-5-11(7-15(14)36-3)17-18-12-8-13(21(18)39-23-22(17)40-27(35)28-23)20-19(12)24(31)29(25(20)32)10(2)26(33)34/h5-7,10,12-13,17-21H,4,8-9H2,1-3H3,(H,28,35)(H,33,34)/t10?,12?,13?,17-,18?,19?,20?,21?/m1/s1. The van der Waals surface area contributed by atoms with E-state index in [1.165, 1.54) is 14.0 Å². The number of thioether (sulfide) groups is 1. The molecule has 1 aromatic heterocycles. The highest BCUT2D eigenvalue weighted by atomic mass is 32.2. The summed E-state index contributed by atoms with van der Waals surface area (Å²) in [5.41, 5.74) is 0.865. The fraction of sp³-hybridized carbons (Fsp3) is 0.519. The van der Waals surface area contributed by atoms with Gasteiger partial charge in [0.2, 0.25) is 11.8 Å². The number of imide groups is 1. The SMILES string of the molecule is CCOC(=O)COc1ccc([C@H]2c3sc(=O)[nH]c3SC3C4CC(C5C(=O)N(C(C)C(=O)O)C(=O)C45)C32)cc1OC. The van der Waals surface area contributed by atoms with E-state index in [0.717, 1.165) is 31.7 Å². The number of thiazole rings is 1. The van der Waals surface area contributed by atoms with E-state index in [9.17, 15) is 29.1 Å². The van der Waals surface area contributed by atoms with Gasteiger partial charge in [0.1, 0.15) is 6.04 Å². The lowest BCUT2D eigenvalue weighted by Crippen LogP contribution is -2.44. The van der Waals surface area contributed by atoms with Gasteiger partial charge in [0.05, 0.1) is 30.6 Å². The Morgan fingerprint density at radius 1 is 1.15 bits per heavy atom. The van der Waals surface area contributed by atoms with Crippen LogP contribution in [0.2, 0.25) is 0 Å². The molecule has 2 N–H and O–H groups in total. The van der Waals surface area contributed by atoms with Crippen LogP contribution in [0.5, 0.6) is 11.5 Å². The van der Waals surface area contributed by atoms with Crippen molar-refractivity contribution in [3.63, 3.8) is 0 Å². The maximum atomic E-state index is 13.5. The number of aromatic amines is 1. The van der Waals surface area contributed by atoms with Crippen LogP contribution >= 0.6 is 23.1 Å². The van der Waals surface area contributed by atoms with Gasteiger partial charge < -0.3 is 24.3 Å². The van der Waals surface area contributed by atoms with E-state index in [1.807, 2.05) is 12.1 Å². The molecule has 2 amide bonds. The van der Waals surface area contributed by atoms with Crippen LogP contribution in [0.4, 0.5) is 0 Å². The summed E-state index contributed by atoms with van der Waals surface area (Å²) in [6.07, 6.45) is 0.692. The van der Waals surface area contributed by atoms with Gasteiger partial charge in [-0.15, -0.1) is 11.8 Å². The summed E-state index contributed by atoms with van der Waals surface area (Å²) < 4.78 is 16.2. The number of rotatable bonds is 8. The van der Waals surface area contributed by atoms with Crippen molar-refractivity contribution in [1.29, 1.82) is 0 Å². The van der Waals surface area contributed by atoms with Crippen molar-refractivity contribution in [3.05, 3.63) is 38.3 Å². The lowest BCUT2D eigenvalue weighted by molar-refractivity contribution is -0.154. The minimum Gasteiger partial charge on any atom is -0.493 e. The number of esters is 1. The number of H-pyrrole nitrogens is 1. The van der Waals surface area contributed by atoms with E-state index in [4.69, 9.17) is 14.2 Å². The molecule has 40 heavy (non-hydrogen) atoms. The monoisotopic (exact) mass is 588 g/mol. The molecule has 3 fully saturated rings. The number of ether oxygens (including phenoxy) is 3. The number of benzene rings is 1. The van der Waals surface area contributed by atoms with Crippen molar-refractivity contribution in [3.8, 4) is 11.5 Å². The number of carbonyl (C=O) groups is 4. The first-order valence-corrected chi connectivity index (χ1v) is 14.8. The molecule has 2 saturated carbocycles. The molecule has 0 radical (unpaired) electrons. The van der Waals surface area contributed by atoms with E-state index in [0.29, 0.717) is 17.9 Å². The highest BCUT2D eigenvalue weighted by molar-refractivity contribution is 8.00. The van der Waals surface area contributed by atoms with Crippen LogP contribution in [-0.2, 0) is 23.9 Å². The van der Waals surface area contributed by atoms with E-state index in [2.05, 4.69) is 4.98 Å². The minimum atomic E-state index is -1.22. The lowest BCUT2D eigenvalue weighted by Gasteiger charge is -2.43. The number of aliphatic carboxylic acids is 1. The summed E-state index contributed by atoms with van der Waals surface area (Å²) in [5.74, 6) is -3.42. The van der Waals surface area contributed by atoms with Gasteiger partial charge in [-0.25, -0.2) is 9.59 Å². The Morgan fingerprint density at radius 2 is 1.88 bits per heavy atom. The molecule has 2 aliphatic heterocycles. The number of amides is 2. The Hall–Kier alpha value is -3.32. The largest absolute Gasteiger partial charge is 0.493 e. The van der Waals surface area contributed by atoms with Crippen molar-refractivity contribution in [2.75, 3.05) is 20.3 Å². The summed E-state index contributed by atoms with van der Waals surface area (Å²) in [5, 5.41) is 10.3. The number of carboxylic acids is 1. The first kappa shape index (κ1) is 26.9. The van der Waals surface area contributed by atoms with Crippen LogP contribution in [0.3, 0.4) is 0 Å². The zero-order valence-corrected chi connectivity index (χ0v) is 23.6. The van der Waals surface area contributed by atoms with Crippen LogP contribution < -0.4 is 14.3 Å². The molecule has 8 atom stereocenters. The van der Waals surface area contributed by atoms with Gasteiger partial charge in [-0.05, 0) is 55.7 Å². The van der Waals surface area contributed by atoms with Crippen LogP contribution in [0.25, 0.3) is 0 Å². The number of carboxylic acid groups (broad SMARTS) is 1. The predicted molar refractivity (Wildman–Crippen MR) is 143 cm³/mol. The third-order valence-corrected chi connectivity index (χ3v) is 11.3. The van der Waals surface area contributed by atoms with Crippen LogP contribution in [0.1, 0.15) is 36.6 Å². The highest BCUT2D eigenvalue weighted by Gasteiger charge is 2.70. The average Bonchev–Trinajstić information content (AvgIpc) is 3.65. The predicted octanol–water partition coefficient (Wildman–Crippen LogP) is 2.33. The second-order valence-corrected chi connectivity index (χ2v) is 12.7. The number of methoxy groups -OCH3 is 1. The van der Waals surface area contributed by atoms with Crippen molar-refractivity contribution in [1.82, 2.24) is 9.88 Å². The van der Waals surface area contributed by atoms with Crippen molar-refractivity contribution in [2.45, 2.75) is 42.5 Å². The molecule has 11 nitrogen and oxygen atoms in total. The molecule has 1 saturated heterocycles. The summed E-state index contributed by atoms with van der Waals surface area (Å²) in [6, 6.07) is 4.20. The number of nitrogens with zero attached hydrogens (tertiary/aromatic N) is 1. The van der Waals surface area contributed by atoms with Gasteiger partial charge in [0.25, 0.3) is 0 Å². The van der Waals surface area contributed by atoms with Gasteiger partial charge in [0.15, 0.2) is 18.1 Å². The van der Waals surface area contributed by atoms with Gasteiger partial charge in [-0.3, -0.25) is 19.3 Å². The second-order valence-electron chi connectivity index (χ2n) is 10.5. The van der Waals surface area contributed by atoms with Gasteiger partial charge in [0, 0.05) is 16.0 Å². The summed E-state index contributed by atoms with van der Waals surface area (Å²) in [4.78, 5) is 67.5. The van der Waals surface area contributed by atoms with Crippen molar-refractivity contribution >= 4 is 46.9 Å². The van der Waals surface area contributed by atoms with Crippen LogP contribution in [-0.4, -0.2) is 70.4 Å². The van der Waals surface area contributed by atoms with Gasteiger partial charge >= 0.3 is 16.8 Å². The number of likely N-dealkylation sites (tertiary alicyclic amines) is 1. The minimum absolute atomic E-state index is 0.0310.